The van der Waals surface area contributed by atoms with Gasteiger partial charge < -0.3 is 9.47 Å². The van der Waals surface area contributed by atoms with Crippen LogP contribution in [0, 0.1) is 0 Å². The van der Waals surface area contributed by atoms with E-state index in [2.05, 4.69) is 5.10 Å². The summed E-state index contributed by atoms with van der Waals surface area (Å²) in [6.07, 6.45) is 3.77. The molecule has 0 aliphatic carbocycles. The topological polar surface area (TPSA) is 36.3 Å². The maximum atomic E-state index is 5.91. The van der Waals surface area contributed by atoms with Gasteiger partial charge >= 0.3 is 0 Å². The van der Waals surface area contributed by atoms with Gasteiger partial charge in [-0.15, -0.1) is 0 Å². The van der Waals surface area contributed by atoms with Crippen LogP contribution in [0.1, 0.15) is 33.3 Å². The molecule has 0 saturated heterocycles. The molecule has 0 spiro atoms. The molecule has 0 bridgehead atoms. The van der Waals surface area contributed by atoms with E-state index in [-0.39, 0.29) is 11.2 Å². The highest BCUT2D eigenvalue weighted by atomic mass is 16.6. The molecule has 0 aliphatic rings. The number of hydrogen-bond acceptors (Lipinski definition) is 3. The molecule has 0 N–H and O–H groups in total. The molecule has 1 aromatic rings. The van der Waals surface area contributed by atoms with E-state index in [0.29, 0.717) is 6.61 Å². The first-order chi connectivity index (χ1) is 7.28. The van der Waals surface area contributed by atoms with Crippen molar-refractivity contribution in [1.29, 1.82) is 0 Å². The molecule has 1 aromatic heterocycles. The molecule has 1 rings (SSSR count). The minimum Gasteiger partial charge on any atom is -0.376 e. The van der Waals surface area contributed by atoms with E-state index in [9.17, 15) is 0 Å². The molecule has 4 heteroatoms. The zero-order chi connectivity index (χ0) is 12.4. The summed E-state index contributed by atoms with van der Waals surface area (Å²) in [4.78, 5) is 0. The predicted octanol–water partition coefficient (Wildman–Crippen LogP) is 2.14. The van der Waals surface area contributed by atoms with Crippen LogP contribution in [0.15, 0.2) is 12.4 Å². The van der Waals surface area contributed by atoms with Crippen LogP contribution in [0.4, 0.5) is 0 Å². The van der Waals surface area contributed by atoms with Crippen LogP contribution in [-0.4, -0.2) is 28.1 Å². The van der Waals surface area contributed by atoms with Gasteiger partial charge in [0.25, 0.3) is 0 Å². The second-order valence-corrected chi connectivity index (χ2v) is 5.04. The second-order valence-electron chi connectivity index (χ2n) is 5.04. The Kier molecular flexibility index (Phi) is 3.76. The molecular formula is C12H22N2O2. The Hall–Kier alpha value is -0.870. The Labute approximate surface area is 97.6 Å². The van der Waals surface area contributed by atoms with E-state index in [4.69, 9.17) is 9.47 Å². The summed E-state index contributed by atoms with van der Waals surface area (Å²) in [6, 6.07) is 0. The molecule has 0 amide bonds. The molecule has 0 fully saturated rings. The van der Waals surface area contributed by atoms with Crippen molar-refractivity contribution in [3.8, 4) is 0 Å². The fraction of sp³-hybridized carbons (Fsp3) is 0.750. The summed E-state index contributed by atoms with van der Waals surface area (Å²) in [5.41, 5.74) is 0.398. The molecule has 0 aromatic carbocycles. The van der Waals surface area contributed by atoms with Crippen LogP contribution in [0.25, 0.3) is 0 Å². The minimum absolute atomic E-state index is 0.324. The molecule has 1 heterocycles. The van der Waals surface area contributed by atoms with Gasteiger partial charge in [-0.1, -0.05) is 0 Å². The van der Waals surface area contributed by atoms with Crippen molar-refractivity contribution in [2.45, 2.75) is 45.5 Å². The zero-order valence-electron chi connectivity index (χ0n) is 11.1. The van der Waals surface area contributed by atoms with Crippen molar-refractivity contribution >= 4 is 0 Å². The van der Waals surface area contributed by atoms with E-state index in [0.717, 1.165) is 5.56 Å². The van der Waals surface area contributed by atoms with Crippen LogP contribution in [-0.2, 0) is 23.1 Å². The smallest absolute Gasteiger partial charge is 0.0913 e. The van der Waals surface area contributed by atoms with E-state index < -0.39 is 0 Å². The summed E-state index contributed by atoms with van der Waals surface area (Å²) in [5.74, 6) is 0. The van der Waals surface area contributed by atoms with E-state index >= 15 is 0 Å². The predicted molar refractivity (Wildman–Crippen MR) is 63.2 cm³/mol. The Morgan fingerprint density at radius 3 is 2.31 bits per heavy atom. The fourth-order valence-corrected chi connectivity index (χ4v) is 1.23. The first-order valence-electron chi connectivity index (χ1n) is 5.45. The number of nitrogens with zero attached hydrogens (tertiary/aromatic N) is 2. The van der Waals surface area contributed by atoms with Gasteiger partial charge in [0.1, 0.15) is 0 Å². The number of rotatable bonds is 5. The molecule has 0 aliphatic heterocycles. The van der Waals surface area contributed by atoms with Crippen LogP contribution in [0.3, 0.4) is 0 Å². The van der Waals surface area contributed by atoms with Crippen molar-refractivity contribution in [2.24, 2.45) is 7.05 Å². The molecule has 92 valence electrons. The van der Waals surface area contributed by atoms with Crippen molar-refractivity contribution in [2.75, 3.05) is 7.11 Å². The van der Waals surface area contributed by atoms with Gasteiger partial charge in [0.05, 0.1) is 24.0 Å². The van der Waals surface area contributed by atoms with Gasteiger partial charge in [-0.3, -0.25) is 4.68 Å². The lowest BCUT2D eigenvalue weighted by Gasteiger charge is -2.40. The van der Waals surface area contributed by atoms with E-state index in [1.165, 1.54) is 0 Å². The third kappa shape index (κ3) is 2.83. The lowest BCUT2D eigenvalue weighted by molar-refractivity contribution is -0.169. The summed E-state index contributed by atoms with van der Waals surface area (Å²) in [7, 11) is 3.60. The Balaban J connectivity index is 2.60. The molecule has 0 saturated carbocycles. The van der Waals surface area contributed by atoms with E-state index in [1.807, 2.05) is 47.1 Å². The highest BCUT2D eigenvalue weighted by Crippen LogP contribution is 2.29. The van der Waals surface area contributed by atoms with Crippen molar-refractivity contribution in [1.82, 2.24) is 9.78 Å². The normalized spacial score (nSPS) is 13.1. The average Bonchev–Trinajstić information content (AvgIpc) is 2.61. The second kappa shape index (κ2) is 4.55. The third-order valence-electron chi connectivity index (χ3n) is 3.32. The number of ether oxygens (including phenoxy) is 2. The van der Waals surface area contributed by atoms with Crippen molar-refractivity contribution in [3.63, 3.8) is 0 Å². The number of methoxy groups -OCH3 is 1. The standard InChI is InChI=1S/C12H22N2O2/c1-11(2,15-6)12(3,4)16-9-10-7-13-14(5)8-10/h7-8H,9H2,1-6H3. The molecule has 16 heavy (non-hydrogen) atoms. The van der Waals surface area contributed by atoms with Crippen molar-refractivity contribution in [3.05, 3.63) is 18.0 Å². The first kappa shape index (κ1) is 13.2. The maximum Gasteiger partial charge on any atom is 0.0913 e. The third-order valence-corrected chi connectivity index (χ3v) is 3.32. The number of aromatic nitrogens is 2. The fourth-order valence-electron chi connectivity index (χ4n) is 1.23. The SMILES string of the molecule is COC(C)(C)C(C)(C)OCc1cnn(C)c1. The lowest BCUT2D eigenvalue weighted by atomic mass is 9.89. The molecule has 0 unspecified atom stereocenters. The molecule has 4 nitrogen and oxygen atoms in total. The zero-order valence-corrected chi connectivity index (χ0v) is 11.1. The minimum atomic E-state index is -0.350. The summed E-state index contributed by atoms with van der Waals surface area (Å²) in [6.45, 7) is 8.67. The molecule has 0 atom stereocenters. The number of aryl methyl sites for hydroxylation is 1. The van der Waals surface area contributed by atoms with Gasteiger partial charge in [0.15, 0.2) is 0 Å². The Bertz CT molecular complexity index is 343. The summed E-state index contributed by atoms with van der Waals surface area (Å²) < 4.78 is 13.1. The highest BCUT2D eigenvalue weighted by molar-refractivity contribution is 5.02. The van der Waals surface area contributed by atoms with Crippen LogP contribution in [0.2, 0.25) is 0 Å². The summed E-state index contributed by atoms with van der Waals surface area (Å²) in [5, 5.41) is 4.11. The van der Waals surface area contributed by atoms with Gasteiger partial charge in [-0.25, -0.2) is 0 Å². The van der Waals surface area contributed by atoms with Crippen LogP contribution >= 0.6 is 0 Å². The molecule has 0 radical (unpaired) electrons. The summed E-state index contributed by atoms with van der Waals surface area (Å²) >= 11 is 0. The average molecular weight is 226 g/mol. The van der Waals surface area contributed by atoms with Gasteiger partial charge in [0, 0.05) is 25.9 Å². The van der Waals surface area contributed by atoms with Crippen LogP contribution < -0.4 is 0 Å². The van der Waals surface area contributed by atoms with E-state index in [1.54, 1.807) is 11.8 Å². The quantitative estimate of drug-likeness (QED) is 0.771. The molecular weight excluding hydrogens is 204 g/mol. The number of hydrogen-bond donors (Lipinski definition) is 0. The van der Waals surface area contributed by atoms with Crippen LogP contribution in [0.5, 0.6) is 0 Å². The first-order valence-corrected chi connectivity index (χ1v) is 5.45. The lowest BCUT2D eigenvalue weighted by Crippen LogP contribution is -2.48. The van der Waals surface area contributed by atoms with Crippen molar-refractivity contribution < 1.29 is 9.47 Å². The largest absolute Gasteiger partial charge is 0.376 e. The van der Waals surface area contributed by atoms with Gasteiger partial charge in [-0.2, -0.15) is 5.10 Å². The Morgan fingerprint density at radius 1 is 1.25 bits per heavy atom. The monoisotopic (exact) mass is 226 g/mol. The Morgan fingerprint density at radius 2 is 1.88 bits per heavy atom. The highest BCUT2D eigenvalue weighted by Gasteiger charge is 2.38. The van der Waals surface area contributed by atoms with Gasteiger partial charge in [0.2, 0.25) is 0 Å². The van der Waals surface area contributed by atoms with Gasteiger partial charge in [-0.05, 0) is 27.7 Å². The maximum absolute atomic E-state index is 5.91.